The second-order valence-electron chi connectivity index (χ2n) is 4.29. The molecule has 0 bridgehead atoms. The molecule has 1 atom stereocenters. The Morgan fingerprint density at radius 3 is 2.71 bits per heavy atom. The Balaban J connectivity index is 2.05. The summed E-state index contributed by atoms with van der Waals surface area (Å²) in [7, 11) is 0. The maximum Gasteiger partial charge on any atom is 0.224 e. The fraction of sp³-hybridized carbons (Fsp3) is 0.909. The molecule has 1 aliphatic rings. The van der Waals surface area contributed by atoms with E-state index in [1.165, 1.54) is 25.7 Å². The zero-order valence-electron chi connectivity index (χ0n) is 8.89. The van der Waals surface area contributed by atoms with Crippen LogP contribution in [-0.4, -0.2) is 18.3 Å². The molecule has 0 heterocycles. The van der Waals surface area contributed by atoms with Crippen LogP contribution in [0.1, 0.15) is 39.0 Å². The standard InChI is InChI=1S/C11H20ClNO/c1-9(8-12)11(14)13-7-6-10-4-2-3-5-10/h9-10H,2-8H2,1H3,(H,13,14). The van der Waals surface area contributed by atoms with Gasteiger partial charge in [0, 0.05) is 18.3 Å². The van der Waals surface area contributed by atoms with Gasteiger partial charge in [0.05, 0.1) is 0 Å². The molecule has 1 aliphatic carbocycles. The van der Waals surface area contributed by atoms with Crippen LogP contribution < -0.4 is 5.32 Å². The van der Waals surface area contributed by atoms with Gasteiger partial charge in [0.25, 0.3) is 0 Å². The van der Waals surface area contributed by atoms with Crippen molar-refractivity contribution in [3.8, 4) is 0 Å². The zero-order chi connectivity index (χ0) is 10.4. The summed E-state index contributed by atoms with van der Waals surface area (Å²) >= 11 is 5.59. The SMILES string of the molecule is CC(CCl)C(=O)NCCC1CCCC1. The van der Waals surface area contributed by atoms with E-state index in [1.54, 1.807) is 0 Å². The third-order valence-corrected chi connectivity index (χ3v) is 3.47. The number of hydrogen-bond acceptors (Lipinski definition) is 1. The Hall–Kier alpha value is -0.240. The number of alkyl halides is 1. The van der Waals surface area contributed by atoms with Crippen molar-refractivity contribution in [2.45, 2.75) is 39.0 Å². The summed E-state index contributed by atoms with van der Waals surface area (Å²) in [6.45, 7) is 2.68. The highest BCUT2D eigenvalue weighted by molar-refractivity contribution is 6.19. The molecule has 0 saturated heterocycles. The first-order chi connectivity index (χ1) is 6.74. The Kier molecular flexibility index (Phi) is 5.31. The minimum absolute atomic E-state index is 0.0553. The summed E-state index contributed by atoms with van der Waals surface area (Å²) in [6, 6.07) is 0. The van der Waals surface area contributed by atoms with Crippen molar-refractivity contribution in [1.29, 1.82) is 0 Å². The molecular formula is C11H20ClNO. The lowest BCUT2D eigenvalue weighted by Gasteiger charge is -2.11. The van der Waals surface area contributed by atoms with Gasteiger partial charge in [0.2, 0.25) is 5.91 Å². The summed E-state index contributed by atoms with van der Waals surface area (Å²) in [4.78, 5) is 11.4. The number of halogens is 1. The summed E-state index contributed by atoms with van der Waals surface area (Å²) in [5, 5.41) is 2.94. The fourth-order valence-corrected chi connectivity index (χ4v) is 2.08. The number of nitrogens with one attached hydrogen (secondary N) is 1. The van der Waals surface area contributed by atoms with E-state index in [4.69, 9.17) is 11.6 Å². The Labute approximate surface area is 91.4 Å². The van der Waals surface area contributed by atoms with Gasteiger partial charge in [-0.25, -0.2) is 0 Å². The van der Waals surface area contributed by atoms with E-state index in [9.17, 15) is 4.79 Å². The Morgan fingerprint density at radius 2 is 2.14 bits per heavy atom. The maximum absolute atomic E-state index is 11.4. The van der Waals surface area contributed by atoms with Gasteiger partial charge in [-0.3, -0.25) is 4.79 Å². The van der Waals surface area contributed by atoms with Crippen molar-refractivity contribution in [1.82, 2.24) is 5.32 Å². The van der Waals surface area contributed by atoms with E-state index in [1.807, 2.05) is 6.92 Å². The molecule has 1 N–H and O–H groups in total. The van der Waals surface area contributed by atoms with Crippen LogP contribution >= 0.6 is 11.6 Å². The van der Waals surface area contributed by atoms with Crippen molar-refractivity contribution in [2.24, 2.45) is 11.8 Å². The van der Waals surface area contributed by atoms with Crippen LogP contribution in [0.5, 0.6) is 0 Å². The Morgan fingerprint density at radius 1 is 1.50 bits per heavy atom. The molecule has 0 aromatic rings. The first-order valence-corrected chi connectivity index (χ1v) is 6.11. The van der Waals surface area contributed by atoms with Gasteiger partial charge in [-0.05, 0) is 12.3 Å². The highest BCUT2D eigenvalue weighted by Crippen LogP contribution is 2.26. The van der Waals surface area contributed by atoms with E-state index < -0.39 is 0 Å². The van der Waals surface area contributed by atoms with E-state index in [2.05, 4.69) is 5.32 Å². The zero-order valence-corrected chi connectivity index (χ0v) is 9.65. The van der Waals surface area contributed by atoms with Gasteiger partial charge in [0.15, 0.2) is 0 Å². The van der Waals surface area contributed by atoms with Crippen molar-refractivity contribution in [3.05, 3.63) is 0 Å². The topological polar surface area (TPSA) is 29.1 Å². The first kappa shape index (κ1) is 11.8. The third kappa shape index (κ3) is 3.87. The van der Waals surface area contributed by atoms with Crippen LogP contribution in [0.25, 0.3) is 0 Å². The van der Waals surface area contributed by atoms with Gasteiger partial charge < -0.3 is 5.32 Å². The third-order valence-electron chi connectivity index (χ3n) is 3.01. The van der Waals surface area contributed by atoms with Gasteiger partial charge in [-0.15, -0.1) is 11.6 Å². The highest BCUT2D eigenvalue weighted by Gasteiger charge is 2.15. The second kappa shape index (κ2) is 6.28. The quantitative estimate of drug-likeness (QED) is 0.705. The number of rotatable bonds is 5. The molecule has 0 spiro atoms. The number of carbonyl (C=O) groups is 1. The molecule has 1 rings (SSSR count). The van der Waals surface area contributed by atoms with Crippen LogP contribution in [0.3, 0.4) is 0 Å². The monoisotopic (exact) mass is 217 g/mol. The van der Waals surface area contributed by atoms with Crippen molar-refractivity contribution in [2.75, 3.05) is 12.4 Å². The molecule has 1 amide bonds. The minimum Gasteiger partial charge on any atom is -0.356 e. The van der Waals surface area contributed by atoms with E-state index >= 15 is 0 Å². The van der Waals surface area contributed by atoms with Gasteiger partial charge in [-0.2, -0.15) is 0 Å². The van der Waals surface area contributed by atoms with Crippen molar-refractivity contribution < 1.29 is 4.79 Å². The molecule has 0 aromatic carbocycles. The summed E-state index contributed by atoms with van der Waals surface area (Å²) in [6.07, 6.45) is 6.58. The molecule has 2 nitrogen and oxygen atoms in total. The van der Waals surface area contributed by atoms with Crippen LogP contribution in [0.2, 0.25) is 0 Å². The highest BCUT2D eigenvalue weighted by atomic mass is 35.5. The predicted octanol–water partition coefficient (Wildman–Crippen LogP) is 2.56. The van der Waals surface area contributed by atoms with Crippen LogP contribution in [-0.2, 0) is 4.79 Å². The summed E-state index contributed by atoms with van der Waals surface area (Å²) < 4.78 is 0. The molecule has 0 aliphatic heterocycles. The van der Waals surface area contributed by atoms with E-state index in [0.29, 0.717) is 5.88 Å². The molecule has 3 heteroatoms. The van der Waals surface area contributed by atoms with Crippen LogP contribution in [0.4, 0.5) is 0 Å². The molecular weight excluding hydrogens is 198 g/mol. The van der Waals surface area contributed by atoms with Gasteiger partial charge in [-0.1, -0.05) is 32.6 Å². The molecule has 82 valence electrons. The van der Waals surface area contributed by atoms with Crippen molar-refractivity contribution in [3.63, 3.8) is 0 Å². The Bertz CT molecular complexity index is 178. The maximum atomic E-state index is 11.4. The second-order valence-corrected chi connectivity index (χ2v) is 4.59. The first-order valence-electron chi connectivity index (χ1n) is 5.57. The molecule has 1 fully saturated rings. The van der Waals surface area contributed by atoms with Crippen LogP contribution in [0, 0.1) is 11.8 Å². The van der Waals surface area contributed by atoms with E-state index in [0.717, 1.165) is 18.9 Å². The lowest BCUT2D eigenvalue weighted by molar-refractivity contribution is -0.123. The largest absolute Gasteiger partial charge is 0.356 e. The molecule has 1 unspecified atom stereocenters. The summed E-state index contributed by atoms with van der Waals surface area (Å²) in [5.41, 5.74) is 0. The lowest BCUT2D eigenvalue weighted by atomic mass is 10.0. The average Bonchev–Trinajstić information content (AvgIpc) is 2.69. The average molecular weight is 218 g/mol. The van der Waals surface area contributed by atoms with E-state index in [-0.39, 0.29) is 11.8 Å². The molecule has 1 saturated carbocycles. The minimum atomic E-state index is -0.0553. The molecule has 0 aromatic heterocycles. The lowest BCUT2D eigenvalue weighted by Crippen LogP contribution is -2.31. The predicted molar refractivity (Wildman–Crippen MR) is 59.5 cm³/mol. The summed E-state index contributed by atoms with van der Waals surface area (Å²) in [5.74, 6) is 1.30. The van der Waals surface area contributed by atoms with Crippen molar-refractivity contribution >= 4 is 17.5 Å². The number of carbonyl (C=O) groups excluding carboxylic acids is 1. The van der Waals surface area contributed by atoms with Crippen LogP contribution in [0.15, 0.2) is 0 Å². The van der Waals surface area contributed by atoms with Gasteiger partial charge in [0.1, 0.15) is 0 Å². The fourth-order valence-electron chi connectivity index (χ4n) is 1.94. The normalized spacial score (nSPS) is 19.6. The number of amides is 1. The van der Waals surface area contributed by atoms with Gasteiger partial charge >= 0.3 is 0 Å². The molecule has 14 heavy (non-hydrogen) atoms. The smallest absolute Gasteiger partial charge is 0.224 e. The molecule has 0 radical (unpaired) electrons. The number of hydrogen-bond donors (Lipinski definition) is 1.